The summed E-state index contributed by atoms with van der Waals surface area (Å²) >= 11 is 0. The van der Waals surface area contributed by atoms with Crippen LogP contribution < -0.4 is 10.6 Å². The largest absolute Gasteiger partial charge is 0.444 e. The lowest BCUT2D eigenvalue weighted by atomic mass is 9.94. The Kier molecular flexibility index (Phi) is 9.90. The van der Waals surface area contributed by atoms with E-state index in [1.807, 2.05) is 32.6 Å². The van der Waals surface area contributed by atoms with E-state index in [9.17, 15) is 4.79 Å². The summed E-state index contributed by atoms with van der Waals surface area (Å²) in [4.78, 5) is 23.1. The first-order valence-corrected chi connectivity index (χ1v) is 10.5. The van der Waals surface area contributed by atoms with Gasteiger partial charge >= 0.3 is 6.09 Å². The molecule has 8 nitrogen and oxygen atoms in total. The average molecular weight is 535 g/mol. The van der Waals surface area contributed by atoms with Gasteiger partial charge in [0.25, 0.3) is 0 Å². The molecule has 30 heavy (non-hydrogen) atoms. The fourth-order valence-electron chi connectivity index (χ4n) is 2.64. The second kappa shape index (κ2) is 11.2. The third-order valence-corrected chi connectivity index (χ3v) is 4.27. The SMILES string of the molecule is CCNC(=NCc1ncc(C(C)(C)C)o1)NCCN(C(=O)OC(C)(C)C)C1CC1.I. The minimum absolute atomic E-state index is 0. The minimum atomic E-state index is -0.490. The summed E-state index contributed by atoms with van der Waals surface area (Å²) < 4.78 is 11.3. The Morgan fingerprint density at radius 3 is 2.43 bits per heavy atom. The zero-order chi connectivity index (χ0) is 21.7. The molecule has 9 heteroatoms. The summed E-state index contributed by atoms with van der Waals surface area (Å²) in [5, 5.41) is 6.49. The summed E-state index contributed by atoms with van der Waals surface area (Å²) in [6.45, 7) is 16.2. The van der Waals surface area contributed by atoms with Gasteiger partial charge in [-0.05, 0) is 40.5 Å². The molecule has 0 spiro atoms. The lowest BCUT2D eigenvalue weighted by Crippen LogP contribution is -2.45. The molecule has 1 amide bonds. The Morgan fingerprint density at radius 1 is 1.27 bits per heavy atom. The third kappa shape index (κ3) is 9.09. The lowest BCUT2D eigenvalue weighted by molar-refractivity contribution is 0.0238. The van der Waals surface area contributed by atoms with Crippen molar-refractivity contribution in [2.45, 2.75) is 84.9 Å². The first-order chi connectivity index (χ1) is 13.5. The highest BCUT2D eigenvalue weighted by molar-refractivity contribution is 14.0. The van der Waals surface area contributed by atoms with Crippen molar-refractivity contribution < 1.29 is 13.9 Å². The number of oxazole rings is 1. The Balaban J connectivity index is 0.00000450. The predicted octanol–water partition coefficient (Wildman–Crippen LogP) is 4.04. The molecule has 172 valence electrons. The van der Waals surface area contributed by atoms with Crippen LogP contribution in [0.25, 0.3) is 0 Å². The van der Waals surface area contributed by atoms with Gasteiger partial charge in [0.2, 0.25) is 5.89 Å². The zero-order valence-corrected chi connectivity index (χ0v) is 21.7. The van der Waals surface area contributed by atoms with Crippen molar-refractivity contribution in [3.63, 3.8) is 0 Å². The van der Waals surface area contributed by atoms with E-state index in [2.05, 4.69) is 41.4 Å². The van der Waals surface area contributed by atoms with E-state index in [-0.39, 0.29) is 41.5 Å². The van der Waals surface area contributed by atoms with Gasteiger partial charge in [0.05, 0.1) is 6.20 Å². The number of nitrogens with zero attached hydrogens (tertiary/aromatic N) is 3. The van der Waals surface area contributed by atoms with Gasteiger partial charge in [-0.3, -0.25) is 0 Å². The molecule has 1 aliphatic carbocycles. The van der Waals surface area contributed by atoms with Crippen LogP contribution in [0, 0.1) is 0 Å². The van der Waals surface area contributed by atoms with E-state index in [0.29, 0.717) is 31.5 Å². The first kappa shape index (κ1) is 26.5. The number of halogens is 1. The molecule has 0 bridgehead atoms. The maximum atomic E-state index is 12.4. The van der Waals surface area contributed by atoms with Crippen LogP contribution in [-0.4, -0.2) is 53.2 Å². The summed E-state index contributed by atoms with van der Waals surface area (Å²) in [7, 11) is 0. The molecule has 1 fully saturated rings. The second-order valence-electron chi connectivity index (χ2n) is 9.40. The normalized spacial score (nSPS) is 14.7. The van der Waals surface area contributed by atoms with E-state index in [0.717, 1.165) is 25.1 Å². The predicted molar refractivity (Wildman–Crippen MR) is 129 cm³/mol. The van der Waals surface area contributed by atoms with E-state index >= 15 is 0 Å². The van der Waals surface area contributed by atoms with Crippen molar-refractivity contribution in [2.24, 2.45) is 4.99 Å². The first-order valence-electron chi connectivity index (χ1n) is 10.5. The quantitative estimate of drug-likeness (QED) is 0.311. The average Bonchev–Trinajstić information content (AvgIpc) is 3.29. The molecule has 2 rings (SSSR count). The van der Waals surface area contributed by atoms with Crippen molar-refractivity contribution in [1.29, 1.82) is 0 Å². The van der Waals surface area contributed by atoms with Gasteiger partial charge < -0.3 is 24.7 Å². The summed E-state index contributed by atoms with van der Waals surface area (Å²) in [6, 6.07) is 0.286. The molecule has 0 aromatic carbocycles. The molecule has 0 saturated heterocycles. The maximum absolute atomic E-state index is 12.4. The monoisotopic (exact) mass is 535 g/mol. The smallest absolute Gasteiger partial charge is 0.410 e. The van der Waals surface area contributed by atoms with Gasteiger partial charge in [-0.2, -0.15) is 0 Å². The van der Waals surface area contributed by atoms with Crippen LogP contribution >= 0.6 is 24.0 Å². The third-order valence-electron chi connectivity index (χ3n) is 4.27. The van der Waals surface area contributed by atoms with E-state index < -0.39 is 5.60 Å². The van der Waals surface area contributed by atoms with Crippen molar-refractivity contribution in [3.8, 4) is 0 Å². The van der Waals surface area contributed by atoms with Gasteiger partial charge in [-0.25, -0.2) is 14.8 Å². The highest BCUT2D eigenvalue weighted by atomic mass is 127. The molecular weight excluding hydrogens is 497 g/mol. The molecule has 0 radical (unpaired) electrons. The van der Waals surface area contributed by atoms with Gasteiger partial charge in [0.15, 0.2) is 5.96 Å². The minimum Gasteiger partial charge on any atom is -0.444 e. The van der Waals surface area contributed by atoms with Crippen molar-refractivity contribution in [1.82, 2.24) is 20.5 Å². The molecule has 1 heterocycles. The van der Waals surface area contributed by atoms with Crippen molar-refractivity contribution >= 4 is 36.0 Å². The number of amides is 1. The Bertz CT molecular complexity index is 702. The molecule has 1 aromatic rings. The number of rotatable bonds is 7. The summed E-state index contributed by atoms with van der Waals surface area (Å²) in [6.07, 6.45) is 3.58. The fraction of sp³-hybridized carbons (Fsp3) is 0.762. The number of aliphatic imine (C=N–C) groups is 1. The van der Waals surface area contributed by atoms with E-state index in [1.165, 1.54) is 0 Å². The molecule has 0 aliphatic heterocycles. The van der Waals surface area contributed by atoms with Crippen LogP contribution in [0.1, 0.15) is 73.0 Å². The molecule has 1 saturated carbocycles. The van der Waals surface area contributed by atoms with Crippen LogP contribution in [0.3, 0.4) is 0 Å². The molecule has 1 aromatic heterocycles. The van der Waals surface area contributed by atoms with Gasteiger partial charge in [-0.1, -0.05) is 20.8 Å². The number of guanidine groups is 1. The maximum Gasteiger partial charge on any atom is 0.410 e. The Hall–Kier alpha value is -1.52. The zero-order valence-electron chi connectivity index (χ0n) is 19.4. The standard InChI is InChI=1S/C21H37N5O3.HI/c1-8-22-18(25-14-17-24-13-16(28-17)20(2,3)4)23-11-12-26(15-9-10-15)19(27)29-21(5,6)7;/h13,15H,8-12,14H2,1-7H3,(H2,22,23,25);1H. The van der Waals surface area contributed by atoms with Crippen LogP contribution in [-0.2, 0) is 16.7 Å². The molecule has 1 aliphatic rings. The summed E-state index contributed by atoms with van der Waals surface area (Å²) in [5.74, 6) is 2.10. The van der Waals surface area contributed by atoms with Gasteiger partial charge in [0, 0.05) is 31.1 Å². The molecule has 0 atom stereocenters. The highest BCUT2D eigenvalue weighted by Gasteiger charge is 2.34. The van der Waals surface area contributed by atoms with E-state index in [1.54, 1.807) is 6.20 Å². The molecule has 2 N–H and O–H groups in total. The van der Waals surface area contributed by atoms with Crippen molar-refractivity contribution in [3.05, 3.63) is 17.8 Å². The molecular formula is C21H38IN5O3. The molecule has 0 unspecified atom stereocenters. The van der Waals surface area contributed by atoms with Crippen LogP contribution in [0.5, 0.6) is 0 Å². The van der Waals surface area contributed by atoms with Crippen LogP contribution in [0.4, 0.5) is 4.79 Å². The number of carbonyl (C=O) groups is 1. The Labute approximate surface area is 197 Å². The Morgan fingerprint density at radius 2 is 1.93 bits per heavy atom. The van der Waals surface area contributed by atoms with Gasteiger partial charge in [-0.15, -0.1) is 24.0 Å². The van der Waals surface area contributed by atoms with Crippen LogP contribution in [0.2, 0.25) is 0 Å². The number of hydrogen-bond donors (Lipinski definition) is 2. The number of carbonyl (C=O) groups excluding carboxylic acids is 1. The fourth-order valence-corrected chi connectivity index (χ4v) is 2.64. The number of aromatic nitrogens is 1. The number of nitrogens with one attached hydrogen (secondary N) is 2. The van der Waals surface area contributed by atoms with E-state index in [4.69, 9.17) is 9.15 Å². The second-order valence-corrected chi connectivity index (χ2v) is 9.40. The topological polar surface area (TPSA) is 92.0 Å². The summed E-state index contributed by atoms with van der Waals surface area (Å²) in [5.41, 5.74) is -0.568. The highest BCUT2D eigenvalue weighted by Crippen LogP contribution is 2.28. The number of hydrogen-bond acceptors (Lipinski definition) is 5. The number of ether oxygens (including phenoxy) is 1. The van der Waals surface area contributed by atoms with Crippen molar-refractivity contribution in [2.75, 3.05) is 19.6 Å². The lowest BCUT2D eigenvalue weighted by Gasteiger charge is -2.27. The van der Waals surface area contributed by atoms with Gasteiger partial charge in [0.1, 0.15) is 17.9 Å². The van der Waals surface area contributed by atoms with Crippen LogP contribution in [0.15, 0.2) is 15.6 Å².